The molecule has 0 radical (unpaired) electrons. The van der Waals surface area contributed by atoms with E-state index in [0.717, 1.165) is 17.8 Å². The minimum atomic E-state index is -0.365. The van der Waals surface area contributed by atoms with Gasteiger partial charge in [-0.1, -0.05) is 13.0 Å². The van der Waals surface area contributed by atoms with Crippen LogP contribution in [0.4, 0.5) is 10.1 Å². The Morgan fingerprint density at radius 3 is 2.94 bits per heavy atom. The number of nitrogen functional groups attached to an aromatic ring is 1. The number of rotatable bonds is 3. The summed E-state index contributed by atoms with van der Waals surface area (Å²) in [4.78, 5) is 4.22. The molecular weight excluding hydrogens is 205 g/mol. The van der Waals surface area contributed by atoms with Crippen molar-refractivity contribution in [3.8, 4) is 0 Å². The standard InChI is InChI=1S/C12H14FN3/c1-2-12-15-5-6-16(12)8-9-3-4-11(14)10(13)7-9/h3-7H,2,8,14H2,1H3. The average molecular weight is 219 g/mol. The molecule has 0 aliphatic carbocycles. The summed E-state index contributed by atoms with van der Waals surface area (Å²) in [6.45, 7) is 2.67. The van der Waals surface area contributed by atoms with Crippen LogP contribution in [0.3, 0.4) is 0 Å². The van der Waals surface area contributed by atoms with Crippen LogP contribution in [0, 0.1) is 5.82 Å². The van der Waals surface area contributed by atoms with Crippen LogP contribution in [-0.4, -0.2) is 9.55 Å². The highest BCUT2D eigenvalue weighted by Gasteiger charge is 2.03. The second kappa shape index (κ2) is 4.35. The van der Waals surface area contributed by atoms with Crippen LogP contribution in [-0.2, 0) is 13.0 Å². The Kier molecular flexibility index (Phi) is 2.90. The third-order valence-electron chi connectivity index (χ3n) is 2.54. The minimum absolute atomic E-state index is 0.185. The average Bonchev–Trinajstić information content (AvgIpc) is 2.71. The molecule has 2 N–H and O–H groups in total. The fourth-order valence-corrected chi connectivity index (χ4v) is 1.66. The molecule has 2 rings (SSSR count). The zero-order chi connectivity index (χ0) is 11.5. The monoisotopic (exact) mass is 219 g/mol. The highest BCUT2D eigenvalue weighted by molar-refractivity contribution is 5.41. The summed E-state index contributed by atoms with van der Waals surface area (Å²) >= 11 is 0. The van der Waals surface area contributed by atoms with Crippen LogP contribution in [0.1, 0.15) is 18.3 Å². The third-order valence-corrected chi connectivity index (χ3v) is 2.54. The lowest BCUT2D eigenvalue weighted by Crippen LogP contribution is -2.04. The van der Waals surface area contributed by atoms with Crippen LogP contribution in [0.15, 0.2) is 30.6 Å². The van der Waals surface area contributed by atoms with Crippen LogP contribution in [0.25, 0.3) is 0 Å². The zero-order valence-electron chi connectivity index (χ0n) is 9.15. The van der Waals surface area contributed by atoms with E-state index in [9.17, 15) is 4.39 Å². The fourth-order valence-electron chi connectivity index (χ4n) is 1.66. The van der Waals surface area contributed by atoms with Gasteiger partial charge in [0.15, 0.2) is 0 Å². The summed E-state index contributed by atoms with van der Waals surface area (Å²) in [5, 5.41) is 0. The number of imidazole rings is 1. The van der Waals surface area contributed by atoms with E-state index in [2.05, 4.69) is 4.98 Å². The number of benzene rings is 1. The van der Waals surface area contributed by atoms with Gasteiger partial charge in [0, 0.05) is 25.4 Å². The Labute approximate surface area is 93.7 Å². The number of aromatic nitrogens is 2. The van der Waals surface area contributed by atoms with Crippen molar-refractivity contribution in [2.45, 2.75) is 19.9 Å². The molecule has 1 heterocycles. The van der Waals surface area contributed by atoms with E-state index in [-0.39, 0.29) is 11.5 Å². The molecule has 0 saturated heterocycles. The maximum Gasteiger partial charge on any atom is 0.146 e. The molecule has 84 valence electrons. The van der Waals surface area contributed by atoms with Crippen molar-refractivity contribution in [1.82, 2.24) is 9.55 Å². The molecule has 0 spiro atoms. The zero-order valence-corrected chi connectivity index (χ0v) is 9.15. The van der Waals surface area contributed by atoms with Gasteiger partial charge in [-0.3, -0.25) is 0 Å². The normalized spacial score (nSPS) is 10.6. The number of nitrogens with zero attached hydrogens (tertiary/aromatic N) is 2. The summed E-state index contributed by atoms with van der Waals surface area (Å²) in [5.74, 6) is 0.632. The van der Waals surface area contributed by atoms with Crippen LogP contribution in [0.5, 0.6) is 0 Å². The molecule has 0 amide bonds. The first-order valence-corrected chi connectivity index (χ1v) is 5.24. The number of anilines is 1. The first-order chi connectivity index (χ1) is 7.70. The second-order valence-corrected chi connectivity index (χ2v) is 3.68. The first-order valence-electron chi connectivity index (χ1n) is 5.24. The van der Waals surface area contributed by atoms with Gasteiger partial charge >= 0.3 is 0 Å². The molecule has 4 heteroatoms. The third kappa shape index (κ3) is 2.05. The van der Waals surface area contributed by atoms with Gasteiger partial charge in [-0.25, -0.2) is 9.37 Å². The lowest BCUT2D eigenvalue weighted by molar-refractivity contribution is 0.627. The maximum atomic E-state index is 13.2. The van der Waals surface area contributed by atoms with E-state index in [0.29, 0.717) is 6.54 Å². The van der Waals surface area contributed by atoms with E-state index >= 15 is 0 Å². The van der Waals surface area contributed by atoms with Gasteiger partial charge in [-0.15, -0.1) is 0 Å². The van der Waals surface area contributed by atoms with Gasteiger partial charge in [0.2, 0.25) is 0 Å². The summed E-state index contributed by atoms with van der Waals surface area (Å²) in [6.07, 6.45) is 4.52. The number of nitrogens with two attached hydrogens (primary N) is 1. The summed E-state index contributed by atoms with van der Waals surface area (Å²) in [6, 6.07) is 4.89. The van der Waals surface area contributed by atoms with Crippen molar-refractivity contribution in [3.63, 3.8) is 0 Å². The molecule has 2 aromatic rings. The Hall–Kier alpha value is -1.84. The largest absolute Gasteiger partial charge is 0.396 e. The van der Waals surface area contributed by atoms with Gasteiger partial charge in [0.05, 0.1) is 5.69 Å². The van der Waals surface area contributed by atoms with Crippen LogP contribution < -0.4 is 5.73 Å². The Morgan fingerprint density at radius 2 is 2.25 bits per heavy atom. The molecule has 3 nitrogen and oxygen atoms in total. The SMILES string of the molecule is CCc1nccn1Cc1ccc(N)c(F)c1. The van der Waals surface area contributed by atoms with E-state index in [1.54, 1.807) is 12.3 Å². The van der Waals surface area contributed by atoms with E-state index in [1.165, 1.54) is 6.07 Å². The van der Waals surface area contributed by atoms with Gasteiger partial charge < -0.3 is 10.3 Å². The minimum Gasteiger partial charge on any atom is -0.396 e. The van der Waals surface area contributed by atoms with E-state index in [1.807, 2.05) is 23.8 Å². The van der Waals surface area contributed by atoms with Crippen molar-refractivity contribution in [3.05, 3.63) is 47.8 Å². The van der Waals surface area contributed by atoms with E-state index in [4.69, 9.17) is 5.73 Å². The predicted molar refractivity (Wildman–Crippen MR) is 61.5 cm³/mol. The lowest BCUT2D eigenvalue weighted by Gasteiger charge is -2.07. The molecule has 1 aromatic carbocycles. The molecular formula is C12H14FN3. The summed E-state index contributed by atoms with van der Waals surface area (Å²) in [5.41, 5.74) is 6.50. The Balaban J connectivity index is 2.24. The van der Waals surface area contributed by atoms with Crippen molar-refractivity contribution < 1.29 is 4.39 Å². The van der Waals surface area contributed by atoms with Crippen molar-refractivity contribution in [2.24, 2.45) is 0 Å². The molecule has 0 bridgehead atoms. The first kappa shape index (κ1) is 10.7. The maximum absolute atomic E-state index is 13.2. The van der Waals surface area contributed by atoms with Crippen molar-refractivity contribution in [2.75, 3.05) is 5.73 Å². The highest BCUT2D eigenvalue weighted by Crippen LogP contribution is 2.13. The smallest absolute Gasteiger partial charge is 0.146 e. The lowest BCUT2D eigenvalue weighted by atomic mass is 10.2. The molecule has 1 aromatic heterocycles. The molecule has 16 heavy (non-hydrogen) atoms. The summed E-state index contributed by atoms with van der Waals surface area (Å²) < 4.78 is 15.2. The fraction of sp³-hybridized carbons (Fsp3) is 0.250. The van der Waals surface area contributed by atoms with Crippen LogP contribution >= 0.6 is 0 Å². The second-order valence-electron chi connectivity index (χ2n) is 3.68. The van der Waals surface area contributed by atoms with Crippen molar-refractivity contribution in [1.29, 1.82) is 0 Å². The molecule has 0 atom stereocenters. The van der Waals surface area contributed by atoms with Gasteiger partial charge in [0.25, 0.3) is 0 Å². The van der Waals surface area contributed by atoms with Crippen molar-refractivity contribution >= 4 is 5.69 Å². The molecule has 0 unspecified atom stereocenters. The summed E-state index contributed by atoms with van der Waals surface area (Å²) in [7, 11) is 0. The predicted octanol–water partition coefficient (Wildman–Crippen LogP) is 2.22. The van der Waals surface area contributed by atoms with Crippen LogP contribution in [0.2, 0.25) is 0 Å². The highest BCUT2D eigenvalue weighted by atomic mass is 19.1. The number of aryl methyl sites for hydroxylation is 1. The Bertz CT molecular complexity index is 491. The number of hydrogen-bond acceptors (Lipinski definition) is 2. The molecule has 0 saturated carbocycles. The van der Waals surface area contributed by atoms with Gasteiger partial charge in [0.1, 0.15) is 11.6 Å². The van der Waals surface area contributed by atoms with Gasteiger partial charge in [-0.2, -0.15) is 0 Å². The number of halogens is 1. The Morgan fingerprint density at radius 1 is 1.44 bits per heavy atom. The van der Waals surface area contributed by atoms with Gasteiger partial charge in [-0.05, 0) is 17.7 Å². The topological polar surface area (TPSA) is 43.8 Å². The number of hydrogen-bond donors (Lipinski definition) is 1. The molecule has 0 fully saturated rings. The van der Waals surface area contributed by atoms with E-state index < -0.39 is 0 Å². The molecule has 0 aliphatic rings. The quantitative estimate of drug-likeness (QED) is 0.804. The molecule has 0 aliphatic heterocycles.